The van der Waals surface area contributed by atoms with E-state index in [9.17, 15) is 9.90 Å². The minimum atomic E-state index is -0.116. The van der Waals surface area contributed by atoms with Crippen LogP contribution in [0.3, 0.4) is 0 Å². The Morgan fingerprint density at radius 1 is 1.45 bits per heavy atom. The molecule has 0 aliphatic heterocycles. The number of nitrogens with one attached hydrogen (secondary N) is 1. The number of thioether (sulfide) groups is 1. The first-order valence-corrected chi connectivity index (χ1v) is 6.77. The van der Waals surface area contributed by atoms with Crippen LogP contribution in [-0.2, 0) is 4.79 Å². The van der Waals surface area contributed by atoms with Crippen molar-refractivity contribution >= 4 is 17.7 Å². The molecule has 0 aliphatic carbocycles. The van der Waals surface area contributed by atoms with E-state index in [0.717, 1.165) is 0 Å². The number of amides is 1. The zero-order chi connectivity index (χ0) is 14.4. The summed E-state index contributed by atoms with van der Waals surface area (Å²) in [4.78, 5) is 11.5. The van der Waals surface area contributed by atoms with Gasteiger partial charge in [-0.2, -0.15) is 4.68 Å². The molecule has 0 saturated carbocycles. The van der Waals surface area contributed by atoms with E-state index in [0.29, 0.717) is 17.4 Å². The molecular formula is C12H13N5O2S. The van der Waals surface area contributed by atoms with Gasteiger partial charge in [-0.3, -0.25) is 4.79 Å². The van der Waals surface area contributed by atoms with Crippen LogP contribution in [-0.4, -0.2) is 43.5 Å². The van der Waals surface area contributed by atoms with Crippen molar-refractivity contribution in [3.8, 4) is 11.4 Å². The summed E-state index contributed by atoms with van der Waals surface area (Å²) in [5.41, 5.74) is 0.710. The van der Waals surface area contributed by atoms with Crippen molar-refractivity contribution in [2.45, 2.75) is 5.16 Å². The van der Waals surface area contributed by atoms with E-state index in [1.807, 2.05) is 0 Å². The number of carbonyl (C=O) groups is 1. The summed E-state index contributed by atoms with van der Waals surface area (Å²) in [6.45, 7) is 3.96. The normalized spacial score (nSPS) is 10.2. The Morgan fingerprint density at radius 2 is 2.20 bits per heavy atom. The van der Waals surface area contributed by atoms with Crippen LogP contribution in [0.15, 0.2) is 42.1 Å². The molecule has 1 heterocycles. The predicted molar refractivity (Wildman–Crippen MR) is 74.7 cm³/mol. The number of phenols is 1. The third-order valence-electron chi connectivity index (χ3n) is 2.31. The van der Waals surface area contributed by atoms with Crippen molar-refractivity contribution < 1.29 is 9.90 Å². The molecule has 104 valence electrons. The summed E-state index contributed by atoms with van der Waals surface area (Å²) in [6.07, 6.45) is 1.61. The van der Waals surface area contributed by atoms with Crippen LogP contribution < -0.4 is 5.32 Å². The Balaban J connectivity index is 2.03. The molecule has 1 aromatic heterocycles. The maximum Gasteiger partial charge on any atom is 0.230 e. The van der Waals surface area contributed by atoms with E-state index in [4.69, 9.17) is 0 Å². The van der Waals surface area contributed by atoms with Gasteiger partial charge in [-0.1, -0.05) is 17.8 Å². The van der Waals surface area contributed by atoms with Gasteiger partial charge >= 0.3 is 0 Å². The first-order chi connectivity index (χ1) is 9.70. The SMILES string of the molecule is C=CCNC(=O)CSc1nnnn1-c1ccc(O)cc1. The van der Waals surface area contributed by atoms with Gasteiger partial charge in [0.2, 0.25) is 11.1 Å². The fourth-order valence-electron chi connectivity index (χ4n) is 1.39. The third-order valence-corrected chi connectivity index (χ3v) is 3.23. The number of hydrogen-bond acceptors (Lipinski definition) is 6. The van der Waals surface area contributed by atoms with Gasteiger partial charge in [-0.05, 0) is 34.7 Å². The van der Waals surface area contributed by atoms with E-state index in [1.54, 1.807) is 30.3 Å². The summed E-state index contributed by atoms with van der Waals surface area (Å²) in [7, 11) is 0. The molecule has 7 nitrogen and oxygen atoms in total. The number of aromatic hydroxyl groups is 1. The molecule has 0 bridgehead atoms. The number of tetrazole rings is 1. The number of rotatable bonds is 6. The van der Waals surface area contributed by atoms with Crippen molar-refractivity contribution in [1.82, 2.24) is 25.5 Å². The van der Waals surface area contributed by atoms with Crippen molar-refractivity contribution in [3.63, 3.8) is 0 Å². The minimum Gasteiger partial charge on any atom is -0.508 e. The Hall–Kier alpha value is -2.35. The summed E-state index contributed by atoms with van der Waals surface area (Å²) in [6, 6.07) is 6.46. The molecule has 2 rings (SSSR count). The monoisotopic (exact) mass is 291 g/mol. The molecule has 0 radical (unpaired) electrons. The number of carbonyl (C=O) groups excluding carboxylic acids is 1. The molecule has 0 unspecified atom stereocenters. The van der Waals surface area contributed by atoms with Crippen molar-refractivity contribution in [2.75, 3.05) is 12.3 Å². The molecule has 2 aromatic rings. The standard InChI is InChI=1S/C12H13N5O2S/c1-2-7-13-11(19)8-20-12-14-15-16-17(12)9-3-5-10(18)6-4-9/h2-6,18H,1,7-8H2,(H,13,19). The molecule has 0 saturated heterocycles. The van der Waals surface area contributed by atoms with Crippen LogP contribution in [0.1, 0.15) is 0 Å². The molecule has 1 aromatic carbocycles. The molecular weight excluding hydrogens is 278 g/mol. The number of hydrogen-bond donors (Lipinski definition) is 2. The quantitative estimate of drug-likeness (QED) is 0.603. The van der Waals surface area contributed by atoms with Crippen LogP contribution >= 0.6 is 11.8 Å². The molecule has 2 N–H and O–H groups in total. The molecule has 0 spiro atoms. The topological polar surface area (TPSA) is 92.9 Å². The lowest BCUT2D eigenvalue weighted by Crippen LogP contribution is -2.25. The number of benzene rings is 1. The van der Waals surface area contributed by atoms with Gasteiger partial charge in [0.1, 0.15) is 5.75 Å². The Morgan fingerprint density at radius 3 is 2.90 bits per heavy atom. The Bertz CT molecular complexity index is 596. The number of aromatic nitrogens is 4. The van der Waals surface area contributed by atoms with E-state index in [-0.39, 0.29) is 17.4 Å². The highest BCUT2D eigenvalue weighted by Gasteiger charge is 2.11. The second-order valence-electron chi connectivity index (χ2n) is 3.77. The zero-order valence-corrected chi connectivity index (χ0v) is 11.4. The molecule has 0 fully saturated rings. The Labute approximate surface area is 119 Å². The fourth-order valence-corrected chi connectivity index (χ4v) is 2.11. The van der Waals surface area contributed by atoms with E-state index in [1.165, 1.54) is 16.4 Å². The summed E-state index contributed by atoms with van der Waals surface area (Å²) >= 11 is 1.23. The fraction of sp³-hybridized carbons (Fsp3) is 0.167. The maximum absolute atomic E-state index is 11.5. The summed E-state index contributed by atoms with van der Waals surface area (Å²) in [5.74, 6) is 0.265. The molecule has 0 aliphatic rings. The Kier molecular flexibility index (Phi) is 4.72. The van der Waals surface area contributed by atoms with E-state index < -0.39 is 0 Å². The first-order valence-electron chi connectivity index (χ1n) is 5.79. The first kappa shape index (κ1) is 14.1. The van der Waals surface area contributed by atoms with Gasteiger partial charge in [0.15, 0.2) is 0 Å². The number of nitrogens with zero attached hydrogens (tertiary/aromatic N) is 4. The second kappa shape index (κ2) is 6.71. The lowest BCUT2D eigenvalue weighted by Gasteiger charge is -2.04. The average molecular weight is 291 g/mol. The van der Waals surface area contributed by atoms with Crippen LogP contribution in [0, 0.1) is 0 Å². The maximum atomic E-state index is 11.5. The second-order valence-corrected chi connectivity index (χ2v) is 4.71. The van der Waals surface area contributed by atoms with Gasteiger partial charge in [-0.25, -0.2) is 0 Å². The minimum absolute atomic E-state index is 0.116. The van der Waals surface area contributed by atoms with E-state index >= 15 is 0 Å². The summed E-state index contributed by atoms with van der Waals surface area (Å²) in [5, 5.41) is 23.8. The van der Waals surface area contributed by atoms with Gasteiger partial charge in [0.25, 0.3) is 0 Å². The molecule has 8 heteroatoms. The third kappa shape index (κ3) is 3.58. The van der Waals surface area contributed by atoms with Crippen molar-refractivity contribution in [1.29, 1.82) is 0 Å². The summed E-state index contributed by atoms with van der Waals surface area (Å²) < 4.78 is 1.50. The molecule has 0 atom stereocenters. The highest BCUT2D eigenvalue weighted by atomic mass is 32.2. The van der Waals surface area contributed by atoms with Gasteiger partial charge in [0, 0.05) is 6.54 Å². The zero-order valence-electron chi connectivity index (χ0n) is 10.6. The number of phenolic OH excluding ortho intramolecular Hbond substituents is 1. The van der Waals surface area contributed by atoms with Crippen LogP contribution in [0.5, 0.6) is 5.75 Å². The van der Waals surface area contributed by atoms with Crippen LogP contribution in [0.2, 0.25) is 0 Å². The van der Waals surface area contributed by atoms with Gasteiger partial charge in [-0.15, -0.1) is 11.7 Å². The molecule has 1 amide bonds. The largest absolute Gasteiger partial charge is 0.508 e. The smallest absolute Gasteiger partial charge is 0.230 e. The highest BCUT2D eigenvalue weighted by molar-refractivity contribution is 7.99. The van der Waals surface area contributed by atoms with Gasteiger partial charge < -0.3 is 10.4 Å². The van der Waals surface area contributed by atoms with Gasteiger partial charge in [0.05, 0.1) is 11.4 Å². The predicted octanol–water partition coefficient (Wildman–Crippen LogP) is 0.762. The van der Waals surface area contributed by atoms with Crippen molar-refractivity contribution in [3.05, 3.63) is 36.9 Å². The average Bonchev–Trinajstić information content (AvgIpc) is 2.92. The lowest BCUT2D eigenvalue weighted by atomic mass is 10.3. The lowest BCUT2D eigenvalue weighted by molar-refractivity contribution is -0.118. The van der Waals surface area contributed by atoms with Crippen molar-refractivity contribution in [2.24, 2.45) is 0 Å². The highest BCUT2D eigenvalue weighted by Crippen LogP contribution is 2.19. The van der Waals surface area contributed by atoms with Crippen LogP contribution in [0.25, 0.3) is 5.69 Å². The molecule has 20 heavy (non-hydrogen) atoms. The van der Waals surface area contributed by atoms with E-state index in [2.05, 4.69) is 27.4 Å². The van der Waals surface area contributed by atoms with Crippen LogP contribution in [0.4, 0.5) is 0 Å².